The van der Waals surface area contributed by atoms with Gasteiger partial charge in [-0.3, -0.25) is 14.9 Å². The van der Waals surface area contributed by atoms with Crippen LogP contribution >= 0.6 is 0 Å². The molecule has 10 heteroatoms. The van der Waals surface area contributed by atoms with Crippen LogP contribution in [-0.2, 0) is 21.4 Å². The van der Waals surface area contributed by atoms with Crippen molar-refractivity contribution in [1.82, 2.24) is 16.0 Å². The first-order chi connectivity index (χ1) is 21.8. The predicted molar refractivity (Wildman–Crippen MR) is 167 cm³/mol. The van der Waals surface area contributed by atoms with Gasteiger partial charge in [0.15, 0.2) is 0 Å². The van der Waals surface area contributed by atoms with Crippen LogP contribution in [0.15, 0.2) is 78.9 Å². The molecule has 3 aromatic carbocycles. The lowest BCUT2D eigenvalue weighted by molar-refractivity contribution is -0.161. The second-order valence-electron chi connectivity index (χ2n) is 13.0. The molecule has 2 amide bonds. The molecule has 0 aliphatic heterocycles. The largest absolute Gasteiger partial charge is 0.407 e. The van der Waals surface area contributed by atoms with E-state index in [1.807, 2.05) is 30.3 Å². The van der Waals surface area contributed by atoms with E-state index >= 15 is 0 Å². The fourth-order valence-electron chi connectivity index (χ4n) is 5.72. The maximum absolute atomic E-state index is 14.8. The van der Waals surface area contributed by atoms with Crippen LogP contribution in [0.4, 0.5) is 17.6 Å². The molecule has 0 saturated heterocycles. The highest BCUT2D eigenvalue weighted by molar-refractivity contribution is 5.91. The fourth-order valence-corrected chi connectivity index (χ4v) is 5.72. The number of nitrogens with zero attached hydrogens (tertiary/aromatic N) is 1. The normalized spacial score (nSPS) is 17.7. The number of carbonyl (C=O) groups is 2. The smallest absolute Gasteiger partial charge is 0.353 e. The van der Waals surface area contributed by atoms with E-state index in [9.17, 15) is 32.4 Å². The summed E-state index contributed by atoms with van der Waals surface area (Å²) in [5.41, 5.74) is 0.539. The third kappa shape index (κ3) is 8.32. The first-order valence-electron chi connectivity index (χ1n) is 15.5. The molecule has 5 rings (SSSR count). The Labute approximate surface area is 266 Å². The summed E-state index contributed by atoms with van der Waals surface area (Å²) in [5, 5.41) is 17.6. The minimum absolute atomic E-state index is 0.0558. The molecule has 0 unspecified atom stereocenters. The van der Waals surface area contributed by atoms with Gasteiger partial charge in [0.1, 0.15) is 17.8 Å². The zero-order chi connectivity index (χ0) is 33.1. The van der Waals surface area contributed by atoms with Crippen molar-refractivity contribution in [3.05, 3.63) is 95.6 Å². The third-order valence-corrected chi connectivity index (χ3v) is 8.57. The lowest BCUT2D eigenvalue weighted by Gasteiger charge is -2.30. The number of hydrogen-bond acceptors (Lipinski definition) is 4. The molecule has 0 bridgehead atoms. The molecule has 0 spiro atoms. The van der Waals surface area contributed by atoms with Gasteiger partial charge in [-0.25, -0.2) is 4.39 Å². The van der Waals surface area contributed by atoms with Crippen LogP contribution in [0, 0.1) is 11.3 Å². The van der Waals surface area contributed by atoms with Crippen molar-refractivity contribution in [3.8, 4) is 17.2 Å². The molecular weight excluding hydrogens is 596 g/mol. The molecule has 0 radical (unpaired) electrons. The van der Waals surface area contributed by atoms with Crippen LogP contribution in [0.2, 0.25) is 0 Å². The number of nitrogens with one attached hydrogen (secondary N) is 3. The van der Waals surface area contributed by atoms with E-state index in [1.165, 1.54) is 26.0 Å². The summed E-state index contributed by atoms with van der Waals surface area (Å²) in [6.45, 7) is 2.38. The molecule has 3 N–H and O–H groups in total. The summed E-state index contributed by atoms with van der Waals surface area (Å²) in [4.78, 5) is 26.0. The van der Waals surface area contributed by atoms with Gasteiger partial charge in [0, 0.05) is 18.9 Å². The van der Waals surface area contributed by atoms with E-state index in [0.29, 0.717) is 5.56 Å². The Morgan fingerprint density at radius 1 is 0.913 bits per heavy atom. The van der Waals surface area contributed by atoms with Gasteiger partial charge < -0.3 is 10.6 Å². The van der Waals surface area contributed by atoms with Crippen molar-refractivity contribution in [2.24, 2.45) is 0 Å². The van der Waals surface area contributed by atoms with Crippen molar-refractivity contribution in [1.29, 1.82) is 5.26 Å². The highest BCUT2D eigenvalue weighted by atomic mass is 19.4. The molecule has 3 atom stereocenters. The zero-order valence-electron chi connectivity index (χ0n) is 25.8. The van der Waals surface area contributed by atoms with Gasteiger partial charge in [-0.1, -0.05) is 78.9 Å². The molecule has 2 fully saturated rings. The molecule has 2 aliphatic rings. The van der Waals surface area contributed by atoms with Crippen LogP contribution in [0.5, 0.6) is 0 Å². The van der Waals surface area contributed by atoms with E-state index < -0.39 is 47.7 Å². The van der Waals surface area contributed by atoms with Crippen LogP contribution in [0.3, 0.4) is 0 Å². The first kappa shape index (κ1) is 33.1. The summed E-state index contributed by atoms with van der Waals surface area (Å²) >= 11 is 0. The fraction of sp³-hybridized carbons (Fsp3) is 0.417. The number of halogens is 4. The lowest BCUT2D eigenvalue weighted by Crippen LogP contribution is -2.53. The molecule has 0 heterocycles. The van der Waals surface area contributed by atoms with E-state index in [0.717, 1.165) is 42.4 Å². The number of rotatable bonds is 13. The number of alkyl halides is 4. The quantitative estimate of drug-likeness (QED) is 0.185. The standard InChI is InChI=1S/C36H38F4N4O2/c1-34(2,37)21-30(32(45)42-29(22-41)20-23-6-4-3-5-7-23)44-31(36(38,39)40)26-10-8-24(9-11-26)25-12-14-27(15-13-25)35(18-19-35)33(46)43-28-16-17-28/h3-15,28-31,44H,16-21H2,1-2H3,(H,42,45)(H,43,46)/t29-,30-,31-/m0/s1. The molecule has 0 aromatic heterocycles. The minimum Gasteiger partial charge on any atom is -0.353 e. The van der Waals surface area contributed by atoms with Gasteiger partial charge >= 0.3 is 6.18 Å². The number of hydrogen-bond donors (Lipinski definition) is 3. The second kappa shape index (κ2) is 13.2. The first-order valence-corrected chi connectivity index (χ1v) is 15.5. The average molecular weight is 635 g/mol. The van der Waals surface area contributed by atoms with Crippen LogP contribution in [-0.4, -0.2) is 41.8 Å². The number of nitriles is 1. The van der Waals surface area contributed by atoms with Crippen molar-refractivity contribution < 1.29 is 27.2 Å². The van der Waals surface area contributed by atoms with Gasteiger partial charge in [0.05, 0.1) is 17.5 Å². The van der Waals surface area contributed by atoms with Crippen molar-refractivity contribution in [2.45, 2.75) is 93.8 Å². The lowest BCUT2D eigenvalue weighted by atomic mass is 9.92. The summed E-state index contributed by atoms with van der Waals surface area (Å²) in [5.74, 6) is -0.835. The molecule has 2 saturated carbocycles. The molecule has 2 aliphatic carbocycles. The Kier molecular flexibility index (Phi) is 9.54. The highest BCUT2D eigenvalue weighted by Gasteiger charge is 2.52. The Morgan fingerprint density at radius 3 is 2.00 bits per heavy atom. The summed E-state index contributed by atoms with van der Waals surface area (Å²) in [7, 11) is 0. The minimum atomic E-state index is -4.81. The zero-order valence-corrected chi connectivity index (χ0v) is 25.8. The number of benzene rings is 3. The predicted octanol–water partition coefficient (Wildman–Crippen LogP) is 6.61. The van der Waals surface area contributed by atoms with Gasteiger partial charge in [0.25, 0.3) is 0 Å². The van der Waals surface area contributed by atoms with Crippen LogP contribution in [0.25, 0.3) is 11.1 Å². The highest BCUT2D eigenvalue weighted by Crippen LogP contribution is 2.49. The number of amides is 2. The van der Waals surface area contributed by atoms with Crippen molar-refractivity contribution >= 4 is 11.8 Å². The van der Waals surface area contributed by atoms with Gasteiger partial charge in [-0.15, -0.1) is 0 Å². The maximum Gasteiger partial charge on any atom is 0.407 e. The summed E-state index contributed by atoms with van der Waals surface area (Å²) < 4.78 is 58.1. The van der Waals surface area contributed by atoms with E-state index in [-0.39, 0.29) is 23.9 Å². The van der Waals surface area contributed by atoms with Crippen LogP contribution in [0.1, 0.15) is 68.7 Å². The molecule has 3 aromatic rings. The Hall–Kier alpha value is -4.23. The van der Waals surface area contributed by atoms with Gasteiger partial charge in [-0.2, -0.15) is 18.4 Å². The number of carbonyl (C=O) groups excluding carboxylic acids is 2. The van der Waals surface area contributed by atoms with E-state index in [2.05, 4.69) is 16.0 Å². The SMILES string of the molecule is CC(C)(F)C[C@H](N[C@@H](c1ccc(-c2ccc(C3(C(=O)NC4CC4)CC3)cc2)cc1)C(F)(F)F)C(=O)N[C@H](C#N)Cc1ccccc1. The monoisotopic (exact) mass is 634 g/mol. The van der Waals surface area contributed by atoms with Crippen LogP contribution < -0.4 is 16.0 Å². The van der Waals surface area contributed by atoms with Crippen molar-refractivity contribution in [3.63, 3.8) is 0 Å². The average Bonchev–Trinajstić information content (AvgIpc) is 3.95. The van der Waals surface area contributed by atoms with E-state index in [4.69, 9.17) is 0 Å². The second-order valence-corrected chi connectivity index (χ2v) is 13.0. The van der Waals surface area contributed by atoms with Gasteiger partial charge in [0.2, 0.25) is 11.8 Å². The Bertz CT molecular complexity index is 1550. The molecule has 46 heavy (non-hydrogen) atoms. The third-order valence-electron chi connectivity index (χ3n) is 8.57. The summed E-state index contributed by atoms with van der Waals surface area (Å²) in [6.07, 6.45) is -1.60. The molecule has 6 nitrogen and oxygen atoms in total. The van der Waals surface area contributed by atoms with Gasteiger partial charge in [-0.05, 0) is 67.3 Å². The topological polar surface area (TPSA) is 94.0 Å². The Balaban J connectivity index is 1.31. The van der Waals surface area contributed by atoms with E-state index in [1.54, 1.807) is 42.5 Å². The Morgan fingerprint density at radius 2 is 1.50 bits per heavy atom. The molecule has 242 valence electrons. The maximum atomic E-state index is 14.8. The molecular formula is C36H38F4N4O2. The van der Waals surface area contributed by atoms with Crippen molar-refractivity contribution in [2.75, 3.05) is 0 Å². The summed E-state index contributed by atoms with van der Waals surface area (Å²) in [6, 6.07) is 19.6.